The van der Waals surface area contributed by atoms with Gasteiger partial charge >= 0.3 is 0 Å². The third-order valence-corrected chi connectivity index (χ3v) is 8.55. The van der Waals surface area contributed by atoms with E-state index in [1.54, 1.807) is 18.4 Å². The molecule has 2 atom stereocenters. The van der Waals surface area contributed by atoms with Gasteiger partial charge in [-0.25, -0.2) is 4.98 Å². The van der Waals surface area contributed by atoms with E-state index in [1.165, 1.54) is 10.4 Å². The number of aromatic nitrogens is 1. The summed E-state index contributed by atoms with van der Waals surface area (Å²) in [5.41, 5.74) is 5.01. The number of aryl methyl sites for hydroxylation is 1. The summed E-state index contributed by atoms with van der Waals surface area (Å²) < 4.78 is 5.33. The molecule has 1 unspecified atom stereocenters. The molecule has 4 nitrogen and oxygen atoms in total. The number of benzene rings is 2. The van der Waals surface area contributed by atoms with Crippen LogP contribution in [0, 0.1) is 5.92 Å². The van der Waals surface area contributed by atoms with Gasteiger partial charge in [-0.2, -0.15) is 0 Å². The number of rotatable bonds is 6. The number of pyridine rings is 1. The van der Waals surface area contributed by atoms with Crippen LogP contribution in [0.2, 0.25) is 5.02 Å². The van der Waals surface area contributed by atoms with E-state index in [0.29, 0.717) is 17.1 Å². The highest BCUT2D eigenvalue weighted by Gasteiger charge is 2.30. The predicted molar refractivity (Wildman–Crippen MR) is 145 cm³/mol. The fourth-order valence-electron chi connectivity index (χ4n) is 4.83. The Morgan fingerprint density at radius 1 is 1.20 bits per heavy atom. The zero-order chi connectivity index (χ0) is 24.5. The molecule has 7 heteroatoms. The van der Waals surface area contributed by atoms with Crippen LogP contribution in [0.3, 0.4) is 0 Å². The van der Waals surface area contributed by atoms with Gasteiger partial charge in [-0.15, -0.1) is 22.9 Å². The normalized spacial score (nSPS) is 16.1. The standard InChI is InChI=1S/C28H26Cl2N2O2S/c1-16(17-6-4-3-5-7-17)31-27(33)19-10-13-21-23(14-19)35-28-25(21)24(26(30)22(15-29)32-28)18-8-11-20(34-2)12-9-18/h3-9,11-12,16,19H,10,13-15H2,1-2H3,(H,31,33)/t16-,19?/m1/s1. The molecule has 0 aliphatic heterocycles. The van der Waals surface area contributed by atoms with E-state index < -0.39 is 0 Å². The highest BCUT2D eigenvalue weighted by Crippen LogP contribution is 2.46. The fourth-order valence-corrected chi connectivity index (χ4v) is 6.73. The third-order valence-electron chi connectivity index (χ3n) is 6.74. The smallest absolute Gasteiger partial charge is 0.223 e. The number of halogens is 2. The number of hydrogen-bond acceptors (Lipinski definition) is 4. The summed E-state index contributed by atoms with van der Waals surface area (Å²) >= 11 is 14.7. The molecule has 2 heterocycles. The van der Waals surface area contributed by atoms with Crippen LogP contribution < -0.4 is 10.1 Å². The van der Waals surface area contributed by atoms with Crippen LogP contribution in [-0.2, 0) is 23.5 Å². The number of alkyl halides is 1. The Morgan fingerprint density at radius 3 is 2.63 bits per heavy atom. The highest BCUT2D eigenvalue weighted by molar-refractivity contribution is 7.19. The number of carbonyl (C=O) groups is 1. The first-order valence-electron chi connectivity index (χ1n) is 11.7. The fraction of sp³-hybridized carbons (Fsp3) is 0.286. The van der Waals surface area contributed by atoms with Crippen LogP contribution in [0.5, 0.6) is 5.75 Å². The number of nitrogens with one attached hydrogen (secondary N) is 1. The van der Waals surface area contributed by atoms with Crippen LogP contribution in [0.1, 0.15) is 41.1 Å². The second kappa shape index (κ2) is 10.2. The molecular formula is C28H26Cl2N2O2S. The van der Waals surface area contributed by atoms with Crippen molar-refractivity contribution in [3.05, 3.63) is 81.3 Å². The van der Waals surface area contributed by atoms with Crippen LogP contribution in [0.15, 0.2) is 54.6 Å². The monoisotopic (exact) mass is 524 g/mol. The van der Waals surface area contributed by atoms with Gasteiger partial charge in [-0.05, 0) is 55.0 Å². The summed E-state index contributed by atoms with van der Waals surface area (Å²) in [4.78, 5) is 20.1. The molecule has 35 heavy (non-hydrogen) atoms. The molecule has 5 rings (SSSR count). The lowest BCUT2D eigenvalue weighted by molar-refractivity contribution is -0.126. The molecule has 1 aliphatic rings. The maximum atomic E-state index is 13.1. The minimum atomic E-state index is -0.0610. The van der Waals surface area contributed by atoms with Crippen molar-refractivity contribution in [2.75, 3.05) is 7.11 Å². The summed E-state index contributed by atoms with van der Waals surface area (Å²) in [6.45, 7) is 2.03. The summed E-state index contributed by atoms with van der Waals surface area (Å²) in [5.74, 6) is 1.07. The van der Waals surface area contributed by atoms with E-state index in [2.05, 4.69) is 5.32 Å². The number of nitrogens with zero attached hydrogens (tertiary/aromatic N) is 1. The minimum Gasteiger partial charge on any atom is -0.497 e. The van der Waals surface area contributed by atoms with Crippen LogP contribution in [0.25, 0.3) is 21.3 Å². The minimum absolute atomic E-state index is 0.0269. The Balaban J connectivity index is 1.48. The van der Waals surface area contributed by atoms with Crippen molar-refractivity contribution in [1.29, 1.82) is 0 Å². The van der Waals surface area contributed by atoms with E-state index in [-0.39, 0.29) is 23.7 Å². The predicted octanol–water partition coefficient (Wildman–Crippen LogP) is 7.35. The Morgan fingerprint density at radius 2 is 1.94 bits per heavy atom. The number of thiophene rings is 1. The van der Waals surface area contributed by atoms with Crippen LogP contribution in [-0.4, -0.2) is 18.0 Å². The second-order valence-electron chi connectivity index (χ2n) is 8.87. The number of amides is 1. The van der Waals surface area contributed by atoms with Gasteiger partial charge in [0.1, 0.15) is 10.6 Å². The van der Waals surface area contributed by atoms with Gasteiger partial charge in [0.2, 0.25) is 5.91 Å². The quantitative estimate of drug-likeness (QED) is 0.268. The molecule has 2 aromatic heterocycles. The highest BCUT2D eigenvalue weighted by atomic mass is 35.5. The maximum Gasteiger partial charge on any atom is 0.223 e. The molecule has 0 radical (unpaired) electrons. The van der Waals surface area contributed by atoms with Crippen molar-refractivity contribution in [2.24, 2.45) is 5.92 Å². The van der Waals surface area contributed by atoms with Gasteiger partial charge in [0.05, 0.1) is 29.7 Å². The molecule has 0 saturated carbocycles. The molecule has 180 valence electrons. The van der Waals surface area contributed by atoms with Crippen molar-refractivity contribution in [3.63, 3.8) is 0 Å². The zero-order valence-electron chi connectivity index (χ0n) is 19.6. The molecule has 0 fully saturated rings. The average Bonchev–Trinajstić information content (AvgIpc) is 3.26. The van der Waals surface area contributed by atoms with E-state index in [4.69, 9.17) is 32.9 Å². The topological polar surface area (TPSA) is 51.2 Å². The molecular weight excluding hydrogens is 499 g/mol. The summed E-state index contributed by atoms with van der Waals surface area (Å²) in [5, 5.41) is 4.89. The molecule has 2 aromatic carbocycles. The molecule has 1 N–H and O–H groups in total. The average molecular weight is 526 g/mol. The Hall–Kier alpha value is -2.60. The molecule has 0 bridgehead atoms. The third kappa shape index (κ3) is 4.65. The first-order chi connectivity index (χ1) is 17.0. The number of hydrogen-bond donors (Lipinski definition) is 1. The molecule has 0 saturated heterocycles. The SMILES string of the molecule is COc1ccc(-c2c(Cl)c(CCl)nc3sc4c(c23)CCC(C(=O)N[C@H](C)c2ccccc2)C4)cc1. The van der Waals surface area contributed by atoms with Crippen molar-refractivity contribution < 1.29 is 9.53 Å². The van der Waals surface area contributed by atoms with Gasteiger partial charge in [-0.1, -0.05) is 54.1 Å². The van der Waals surface area contributed by atoms with Crippen molar-refractivity contribution in [1.82, 2.24) is 10.3 Å². The van der Waals surface area contributed by atoms with Crippen molar-refractivity contribution >= 4 is 50.7 Å². The lowest BCUT2D eigenvalue weighted by Crippen LogP contribution is -2.35. The summed E-state index contributed by atoms with van der Waals surface area (Å²) in [6, 6.07) is 17.9. The first-order valence-corrected chi connectivity index (χ1v) is 13.4. The number of methoxy groups -OCH3 is 1. The number of fused-ring (bicyclic) bond motifs is 3. The summed E-state index contributed by atoms with van der Waals surface area (Å²) in [7, 11) is 1.65. The Labute approximate surface area is 219 Å². The summed E-state index contributed by atoms with van der Waals surface area (Å²) in [6.07, 6.45) is 2.32. The van der Waals surface area contributed by atoms with Crippen LogP contribution >= 0.6 is 34.5 Å². The lowest BCUT2D eigenvalue weighted by Gasteiger charge is -2.24. The zero-order valence-corrected chi connectivity index (χ0v) is 21.9. The van der Waals surface area contributed by atoms with Gasteiger partial charge in [-0.3, -0.25) is 4.79 Å². The molecule has 0 spiro atoms. The number of ether oxygens (including phenoxy) is 1. The lowest BCUT2D eigenvalue weighted by atomic mass is 9.85. The number of carbonyl (C=O) groups excluding carboxylic acids is 1. The first kappa shape index (κ1) is 24.1. The molecule has 4 aromatic rings. The van der Waals surface area contributed by atoms with Gasteiger partial charge in [0, 0.05) is 21.7 Å². The molecule has 1 aliphatic carbocycles. The Kier molecular flexibility index (Phi) is 7.01. The van der Waals surface area contributed by atoms with Gasteiger partial charge < -0.3 is 10.1 Å². The van der Waals surface area contributed by atoms with Gasteiger partial charge in [0.25, 0.3) is 0 Å². The van der Waals surface area contributed by atoms with E-state index in [1.807, 2.05) is 61.5 Å². The second-order valence-corrected chi connectivity index (χ2v) is 10.6. The van der Waals surface area contributed by atoms with E-state index in [9.17, 15) is 4.79 Å². The largest absolute Gasteiger partial charge is 0.497 e. The van der Waals surface area contributed by atoms with Crippen molar-refractivity contribution in [3.8, 4) is 16.9 Å². The Bertz CT molecular complexity index is 1370. The van der Waals surface area contributed by atoms with E-state index >= 15 is 0 Å². The van der Waals surface area contributed by atoms with Crippen molar-refractivity contribution in [2.45, 2.75) is 38.1 Å². The van der Waals surface area contributed by atoms with Crippen LogP contribution in [0.4, 0.5) is 0 Å². The maximum absolute atomic E-state index is 13.1. The van der Waals surface area contributed by atoms with E-state index in [0.717, 1.165) is 45.5 Å². The van der Waals surface area contributed by atoms with Gasteiger partial charge in [0.15, 0.2) is 0 Å². The molecule has 1 amide bonds.